The second-order valence-electron chi connectivity index (χ2n) is 5.63. The Balaban J connectivity index is 2.24. The van der Waals surface area contributed by atoms with Gasteiger partial charge in [-0.05, 0) is 53.2 Å². The van der Waals surface area contributed by atoms with Crippen molar-refractivity contribution in [1.82, 2.24) is 15.3 Å². The molecule has 0 amide bonds. The molecule has 2 N–H and O–H groups in total. The van der Waals surface area contributed by atoms with Crippen molar-refractivity contribution in [2.45, 2.75) is 53.6 Å². The molecule has 2 aromatic heterocycles. The van der Waals surface area contributed by atoms with Gasteiger partial charge in [0.05, 0.1) is 5.56 Å². The van der Waals surface area contributed by atoms with Crippen LogP contribution in [0.1, 0.15) is 58.3 Å². The third kappa shape index (κ3) is 3.41. The average molecular weight is 305 g/mol. The molecule has 0 aliphatic rings. The van der Waals surface area contributed by atoms with Crippen LogP contribution in [0.2, 0.25) is 0 Å². The number of thiophene rings is 1. The maximum absolute atomic E-state index is 12.2. The molecule has 0 saturated heterocycles. The van der Waals surface area contributed by atoms with Crippen molar-refractivity contribution >= 4 is 11.3 Å². The smallest absolute Gasteiger partial charge is 0.255 e. The van der Waals surface area contributed by atoms with Crippen molar-refractivity contribution in [3.05, 3.63) is 48.8 Å². The molecule has 0 radical (unpaired) electrons. The van der Waals surface area contributed by atoms with Gasteiger partial charge in [-0.2, -0.15) is 0 Å². The van der Waals surface area contributed by atoms with Crippen LogP contribution in [0.3, 0.4) is 0 Å². The number of aromatic nitrogens is 2. The molecule has 0 spiro atoms. The van der Waals surface area contributed by atoms with Gasteiger partial charge in [-0.3, -0.25) is 4.79 Å². The molecular formula is C16H23N3OS. The van der Waals surface area contributed by atoms with Crippen molar-refractivity contribution in [2.75, 3.05) is 0 Å². The van der Waals surface area contributed by atoms with E-state index in [1.54, 1.807) is 6.92 Å². The van der Waals surface area contributed by atoms with Crippen molar-refractivity contribution < 1.29 is 0 Å². The minimum atomic E-state index is -0.0505. The lowest BCUT2D eigenvalue weighted by Crippen LogP contribution is -2.29. The molecule has 2 unspecified atom stereocenters. The zero-order valence-corrected chi connectivity index (χ0v) is 14.3. The van der Waals surface area contributed by atoms with Gasteiger partial charge in [-0.1, -0.05) is 0 Å². The highest BCUT2D eigenvalue weighted by atomic mass is 32.1. The maximum atomic E-state index is 12.2. The van der Waals surface area contributed by atoms with E-state index in [-0.39, 0.29) is 17.6 Å². The second-order valence-corrected chi connectivity index (χ2v) is 7.09. The molecule has 0 aromatic carbocycles. The van der Waals surface area contributed by atoms with E-state index in [0.717, 1.165) is 11.3 Å². The summed E-state index contributed by atoms with van der Waals surface area (Å²) in [7, 11) is 0. The van der Waals surface area contributed by atoms with Crippen molar-refractivity contribution in [2.24, 2.45) is 0 Å². The first-order valence-corrected chi connectivity index (χ1v) is 8.01. The van der Waals surface area contributed by atoms with E-state index < -0.39 is 0 Å². The number of hydrogen-bond acceptors (Lipinski definition) is 4. The van der Waals surface area contributed by atoms with Crippen molar-refractivity contribution in [3.8, 4) is 0 Å². The topological polar surface area (TPSA) is 57.8 Å². The second kappa shape index (κ2) is 6.12. The number of nitrogens with one attached hydrogen (secondary N) is 2. The van der Waals surface area contributed by atoms with Crippen LogP contribution in [0, 0.1) is 27.7 Å². The minimum absolute atomic E-state index is 0.0449. The van der Waals surface area contributed by atoms with Gasteiger partial charge in [0.1, 0.15) is 5.82 Å². The third-order valence-corrected chi connectivity index (χ3v) is 4.72. The molecule has 2 atom stereocenters. The fourth-order valence-corrected chi connectivity index (χ4v) is 3.90. The zero-order valence-electron chi connectivity index (χ0n) is 13.5. The van der Waals surface area contributed by atoms with E-state index >= 15 is 0 Å². The molecule has 2 aromatic rings. The van der Waals surface area contributed by atoms with Crippen LogP contribution < -0.4 is 10.9 Å². The number of rotatable bonds is 4. The lowest BCUT2D eigenvalue weighted by molar-refractivity contribution is 0.487. The molecule has 0 saturated carbocycles. The van der Waals surface area contributed by atoms with Gasteiger partial charge >= 0.3 is 0 Å². The summed E-state index contributed by atoms with van der Waals surface area (Å²) >= 11 is 1.81. The Morgan fingerprint density at radius 3 is 2.38 bits per heavy atom. The van der Waals surface area contributed by atoms with Gasteiger partial charge in [0.15, 0.2) is 0 Å². The summed E-state index contributed by atoms with van der Waals surface area (Å²) in [4.78, 5) is 21.9. The quantitative estimate of drug-likeness (QED) is 0.909. The highest BCUT2D eigenvalue weighted by Crippen LogP contribution is 2.27. The fourth-order valence-electron chi connectivity index (χ4n) is 2.87. The first-order valence-electron chi connectivity index (χ1n) is 7.20. The summed E-state index contributed by atoms with van der Waals surface area (Å²) in [6, 6.07) is 2.37. The molecule has 4 nitrogen and oxygen atoms in total. The van der Waals surface area contributed by atoms with Gasteiger partial charge in [0.25, 0.3) is 5.56 Å². The van der Waals surface area contributed by atoms with Crippen LogP contribution in [-0.2, 0) is 0 Å². The van der Waals surface area contributed by atoms with Gasteiger partial charge in [0.2, 0.25) is 0 Å². The largest absolute Gasteiger partial charge is 0.310 e. The van der Waals surface area contributed by atoms with Crippen LogP contribution in [-0.4, -0.2) is 9.97 Å². The van der Waals surface area contributed by atoms with E-state index in [0.29, 0.717) is 5.82 Å². The first-order chi connectivity index (χ1) is 9.79. The molecule has 0 aliphatic carbocycles. The Kier molecular flexibility index (Phi) is 4.64. The molecule has 0 bridgehead atoms. The van der Waals surface area contributed by atoms with Gasteiger partial charge in [-0.25, -0.2) is 4.98 Å². The third-order valence-electron chi connectivity index (χ3n) is 3.74. The van der Waals surface area contributed by atoms with E-state index in [4.69, 9.17) is 0 Å². The molecule has 114 valence electrons. The number of aromatic amines is 1. The summed E-state index contributed by atoms with van der Waals surface area (Å²) in [6.07, 6.45) is 0. The summed E-state index contributed by atoms with van der Waals surface area (Å²) in [5, 5.41) is 3.51. The Morgan fingerprint density at radius 1 is 1.19 bits per heavy atom. The van der Waals surface area contributed by atoms with Crippen LogP contribution in [0.25, 0.3) is 0 Å². The predicted octanol–water partition coefficient (Wildman–Crippen LogP) is 3.48. The van der Waals surface area contributed by atoms with E-state index in [2.05, 4.69) is 42.1 Å². The maximum Gasteiger partial charge on any atom is 0.255 e. The van der Waals surface area contributed by atoms with Crippen LogP contribution in [0.4, 0.5) is 0 Å². The van der Waals surface area contributed by atoms with Crippen LogP contribution >= 0.6 is 11.3 Å². The Hall–Kier alpha value is -1.46. The molecular weight excluding hydrogens is 282 g/mol. The summed E-state index contributed by atoms with van der Waals surface area (Å²) in [6.45, 7) is 12.1. The van der Waals surface area contributed by atoms with Crippen LogP contribution in [0.15, 0.2) is 10.9 Å². The monoisotopic (exact) mass is 305 g/mol. The van der Waals surface area contributed by atoms with Crippen LogP contribution in [0.5, 0.6) is 0 Å². The summed E-state index contributed by atoms with van der Waals surface area (Å²) in [5.41, 5.74) is 2.77. The van der Waals surface area contributed by atoms with Crippen molar-refractivity contribution in [1.29, 1.82) is 0 Å². The lowest BCUT2D eigenvalue weighted by Gasteiger charge is -2.21. The number of H-pyrrole nitrogens is 1. The SMILES string of the molecule is Cc1nc(C)c(C(C)NC(C)c2cc(C)sc2C)c(=O)[nH]1. The number of nitrogens with zero attached hydrogens (tertiary/aromatic N) is 1. The normalized spacial score (nSPS) is 14.2. The molecule has 21 heavy (non-hydrogen) atoms. The predicted molar refractivity (Wildman–Crippen MR) is 88.1 cm³/mol. The van der Waals surface area contributed by atoms with E-state index in [9.17, 15) is 4.79 Å². The highest BCUT2D eigenvalue weighted by molar-refractivity contribution is 7.12. The standard InChI is InChI=1S/C16H23N3OS/c1-8-7-14(12(5)21-8)9(2)17-10(3)15-11(4)18-13(6)19-16(15)20/h7,9-10,17H,1-6H3,(H,18,19,20). The zero-order chi connectivity index (χ0) is 15.7. The molecule has 0 aliphatic heterocycles. The van der Waals surface area contributed by atoms with Crippen molar-refractivity contribution in [3.63, 3.8) is 0 Å². The molecule has 2 rings (SSSR count). The molecule has 0 fully saturated rings. The Morgan fingerprint density at radius 2 is 1.86 bits per heavy atom. The number of hydrogen-bond donors (Lipinski definition) is 2. The fraction of sp³-hybridized carbons (Fsp3) is 0.500. The van der Waals surface area contributed by atoms with Gasteiger partial charge < -0.3 is 10.3 Å². The van der Waals surface area contributed by atoms with E-state index in [1.807, 2.05) is 25.2 Å². The Bertz CT molecular complexity index is 702. The summed E-state index contributed by atoms with van der Waals surface area (Å²) < 4.78 is 0. The first kappa shape index (κ1) is 15.9. The number of aryl methyl sites for hydroxylation is 4. The minimum Gasteiger partial charge on any atom is -0.310 e. The molecule has 2 heterocycles. The summed E-state index contributed by atoms with van der Waals surface area (Å²) in [5.74, 6) is 0.658. The lowest BCUT2D eigenvalue weighted by atomic mass is 10.0. The van der Waals surface area contributed by atoms with Gasteiger partial charge in [-0.15, -0.1) is 11.3 Å². The molecule has 5 heteroatoms. The highest BCUT2D eigenvalue weighted by Gasteiger charge is 2.19. The van der Waals surface area contributed by atoms with E-state index in [1.165, 1.54) is 15.3 Å². The van der Waals surface area contributed by atoms with Gasteiger partial charge in [0, 0.05) is 27.5 Å². The average Bonchev–Trinajstić information content (AvgIpc) is 2.66. The Labute approximate surface area is 129 Å².